The van der Waals surface area contributed by atoms with Gasteiger partial charge in [0.05, 0.1) is 0 Å². The molecule has 3 N–H and O–H groups in total. The van der Waals surface area contributed by atoms with Crippen LogP contribution in [0.1, 0.15) is 37.9 Å². The van der Waals surface area contributed by atoms with E-state index in [4.69, 9.17) is 5.73 Å². The maximum atomic E-state index is 12.7. The number of aromatic amines is 1. The summed E-state index contributed by atoms with van der Waals surface area (Å²) in [5, 5.41) is 6.77. The molecule has 0 amide bonds. The van der Waals surface area contributed by atoms with E-state index in [1.54, 1.807) is 11.2 Å². The van der Waals surface area contributed by atoms with Gasteiger partial charge in [0.25, 0.3) is 10.0 Å². The van der Waals surface area contributed by atoms with Crippen molar-refractivity contribution in [3.63, 3.8) is 0 Å². The third-order valence-corrected chi connectivity index (χ3v) is 5.81. The van der Waals surface area contributed by atoms with Crippen molar-refractivity contribution < 1.29 is 8.42 Å². The van der Waals surface area contributed by atoms with Gasteiger partial charge in [-0.2, -0.15) is 9.40 Å². The van der Waals surface area contributed by atoms with Gasteiger partial charge in [0.2, 0.25) is 0 Å². The molecule has 1 aliphatic rings. The number of hydrogen-bond acceptors (Lipinski definition) is 4. The Hall–Kier alpha value is -0.920. The van der Waals surface area contributed by atoms with Crippen LogP contribution in [0.25, 0.3) is 0 Å². The van der Waals surface area contributed by atoms with Crippen molar-refractivity contribution in [3.8, 4) is 0 Å². The van der Waals surface area contributed by atoms with Gasteiger partial charge in [-0.05, 0) is 32.6 Å². The van der Waals surface area contributed by atoms with Gasteiger partial charge in [-0.1, -0.05) is 6.92 Å². The summed E-state index contributed by atoms with van der Waals surface area (Å²) in [5.41, 5.74) is 6.95. The minimum Gasteiger partial charge on any atom is -0.326 e. The van der Waals surface area contributed by atoms with Crippen LogP contribution in [0.15, 0.2) is 5.03 Å². The van der Waals surface area contributed by atoms with E-state index in [1.165, 1.54) is 0 Å². The molecule has 2 unspecified atom stereocenters. The van der Waals surface area contributed by atoms with Crippen molar-refractivity contribution in [2.45, 2.75) is 51.2 Å². The van der Waals surface area contributed by atoms with Crippen LogP contribution in [0.2, 0.25) is 0 Å². The molecule has 0 spiro atoms. The van der Waals surface area contributed by atoms with Crippen molar-refractivity contribution in [1.82, 2.24) is 14.5 Å². The molecule has 0 radical (unpaired) electrons. The number of aryl methyl sites for hydroxylation is 1. The van der Waals surface area contributed by atoms with E-state index in [0.29, 0.717) is 18.0 Å². The summed E-state index contributed by atoms with van der Waals surface area (Å²) in [5.74, 6) is 0.382. The number of hydrogen-bond donors (Lipinski definition) is 2. The van der Waals surface area contributed by atoms with E-state index in [9.17, 15) is 8.42 Å². The molecule has 1 aliphatic heterocycles. The number of sulfonamides is 1. The summed E-state index contributed by atoms with van der Waals surface area (Å²) < 4.78 is 27.0. The number of nitrogens with two attached hydrogens (primary N) is 1. The van der Waals surface area contributed by atoms with Gasteiger partial charge in [0, 0.05) is 30.4 Å². The summed E-state index contributed by atoms with van der Waals surface area (Å²) in [6, 6.07) is 0.0174. The largest absolute Gasteiger partial charge is 0.326 e. The van der Waals surface area contributed by atoms with Crippen molar-refractivity contribution in [3.05, 3.63) is 11.3 Å². The standard InChI is InChI=1S/C12H22N4O2S/c1-8-4-5-9(2)16(7-8)19(17,18)12-11(6-13)10(3)14-15-12/h8-9H,4-7,13H2,1-3H3,(H,14,15). The van der Waals surface area contributed by atoms with E-state index < -0.39 is 10.0 Å². The number of nitrogens with one attached hydrogen (secondary N) is 1. The topological polar surface area (TPSA) is 92.1 Å². The molecular formula is C12H22N4O2S. The minimum absolute atomic E-state index is 0.0174. The van der Waals surface area contributed by atoms with Crippen molar-refractivity contribution >= 4 is 10.0 Å². The predicted molar refractivity (Wildman–Crippen MR) is 73.0 cm³/mol. The lowest BCUT2D eigenvalue weighted by Crippen LogP contribution is -2.45. The van der Waals surface area contributed by atoms with Crippen LogP contribution in [0.4, 0.5) is 0 Å². The number of H-pyrrole nitrogens is 1. The normalized spacial score (nSPS) is 25.7. The third-order valence-electron chi connectivity index (χ3n) is 3.85. The van der Waals surface area contributed by atoms with Crippen molar-refractivity contribution in [2.75, 3.05) is 6.54 Å². The molecule has 0 aromatic carbocycles. The van der Waals surface area contributed by atoms with Gasteiger partial charge in [-0.15, -0.1) is 0 Å². The molecule has 6 nitrogen and oxygen atoms in total. The Labute approximate surface area is 114 Å². The zero-order chi connectivity index (χ0) is 14.2. The molecule has 2 atom stereocenters. The second-order valence-corrected chi connectivity index (χ2v) is 7.25. The molecule has 19 heavy (non-hydrogen) atoms. The monoisotopic (exact) mass is 286 g/mol. The fraction of sp³-hybridized carbons (Fsp3) is 0.750. The highest BCUT2D eigenvalue weighted by Gasteiger charge is 2.36. The van der Waals surface area contributed by atoms with Gasteiger partial charge >= 0.3 is 0 Å². The van der Waals surface area contributed by atoms with E-state index >= 15 is 0 Å². The van der Waals surface area contributed by atoms with Gasteiger partial charge in [0.1, 0.15) is 0 Å². The molecular weight excluding hydrogens is 264 g/mol. The molecule has 0 bridgehead atoms. The SMILES string of the molecule is Cc1[nH]nc(S(=O)(=O)N2CC(C)CCC2C)c1CN. The molecule has 1 aromatic heterocycles. The zero-order valence-electron chi connectivity index (χ0n) is 11.7. The van der Waals surface area contributed by atoms with Crippen LogP contribution < -0.4 is 5.73 Å². The summed E-state index contributed by atoms with van der Waals surface area (Å²) in [6.07, 6.45) is 1.96. The van der Waals surface area contributed by atoms with Gasteiger partial charge < -0.3 is 5.73 Å². The van der Waals surface area contributed by atoms with E-state index in [-0.39, 0.29) is 17.6 Å². The van der Waals surface area contributed by atoms with E-state index in [1.807, 2.05) is 6.92 Å². The second kappa shape index (κ2) is 5.22. The first-order valence-corrected chi connectivity index (χ1v) is 8.07. The number of rotatable bonds is 3. The van der Waals surface area contributed by atoms with Crippen LogP contribution in [-0.2, 0) is 16.6 Å². The highest BCUT2D eigenvalue weighted by atomic mass is 32.2. The summed E-state index contributed by atoms with van der Waals surface area (Å²) in [4.78, 5) is 0. The second-order valence-electron chi connectivity index (χ2n) is 5.44. The average molecular weight is 286 g/mol. The first-order chi connectivity index (χ1) is 8.87. The van der Waals surface area contributed by atoms with E-state index in [0.717, 1.165) is 18.5 Å². The van der Waals surface area contributed by atoms with Gasteiger partial charge in [-0.25, -0.2) is 8.42 Å². The Morgan fingerprint density at radius 2 is 2.11 bits per heavy atom. The lowest BCUT2D eigenvalue weighted by molar-refractivity contribution is 0.217. The number of aromatic nitrogens is 2. The molecule has 1 fully saturated rings. The Kier molecular flexibility index (Phi) is 3.98. The molecule has 0 aliphatic carbocycles. The molecule has 1 saturated heterocycles. The molecule has 0 saturated carbocycles. The summed E-state index contributed by atoms with van der Waals surface area (Å²) in [6.45, 7) is 6.55. The fourth-order valence-corrected chi connectivity index (χ4v) is 4.54. The smallest absolute Gasteiger partial charge is 0.262 e. The zero-order valence-corrected chi connectivity index (χ0v) is 12.5. The maximum Gasteiger partial charge on any atom is 0.262 e. The number of piperidine rings is 1. The molecule has 2 rings (SSSR count). The van der Waals surface area contributed by atoms with Crippen molar-refractivity contribution in [1.29, 1.82) is 0 Å². The van der Waals surface area contributed by atoms with Crippen LogP contribution >= 0.6 is 0 Å². The summed E-state index contributed by atoms with van der Waals surface area (Å²) in [7, 11) is -3.56. The first-order valence-electron chi connectivity index (χ1n) is 6.63. The van der Waals surface area contributed by atoms with E-state index in [2.05, 4.69) is 17.1 Å². The van der Waals surface area contributed by atoms with Crippen LogP contribution in [0.3, 0.4) is 0 Å². The Morgan fingerprint density at radius 1 is 1.42 bits per heavy atom. The van der Waals surface area contributed by atoms with Crippen LogP contribution in [0.5, 0.6) is 0 Å². The molecule has 7 heteroatoms. The molecule has 108 valence electrons. The van der Waals surface area contributed by atoms with Crippen LogP contribution in [-0.4, -0.2) is 35.5 Å². The molecule has 2 heterocycles. The Bertz CT molecular complexity index is 552. The fourth-order valence-electron chi connectivity index (χ4n) is 2.58. The Morgan fingerprint density at radius 3 is 2.74 bits per heavy atom. The minimum atomic E-state index is -3.56. The third kappa shape index (κ3) is 2.54. The van der Waals surface area contributed by atoms with Gasteiger partial charge in [-0.3, -0.25) is 5.10 Å². The highest BCUT2D eigenvalue weighted by Crippen LogP contribution is 2.28. The Balaban J connectivity index is 2.41. The molecule has 1 aromatic rings. The average Bonchev–Trinajstić information content (AvgIpc) is 2.74. The lowest BCUT2D eigenvalue weighted by atomic mass is 9.97. The predicted octanol–water partition coefficient (Wildman–Crippen LogP) is 0.986. The first kappa shape index (κ1) is 14.5. The quantitative estimate of drug-likeness (QED) is 0.866. The van der Waals surface area contributed by atoms with Crippen LogP contribution in [0, 0.1) is 12.8 Å². The van der Waals surface area contributed by atoms with Crippen molar-refractivity contribution in [2.24, 2.45) is 11.7 Å². The number of nitrogens with zero attached hydrogens (tertiary/aromatic N) is 2. The van der Waals surface area contributed by atoms with Gasteiger partial charge in [0.15, 0.2) is 5.03 Å². The maximum absolute atomic E-state index is 12.7. The lowest BCUT2D eigenvalue weighted by Gasteiger charge is -2.35. The highest BCUT2D eigenvalue weighted by molar-refractivity contribution is 7.89. The summed E-state index contributed by atoms with van der Waals surface area (Å²) >= 11 is 0.